The molecule has 0 saturated carbocycles. The Morgan fingerprint density at radius 2 is 1.93 bits per heavy atom. The minimum absolute atomic E-state index is 0.215. The van der Waals surface area contributed by atoms with E-state index < -0.39 is 0 Å². The molecule has 84 valence electrons. The van der Waals surface area contributed by atoms with Crippen LogP contribution in [0.1, 0.15) is 33.1 Å². The maximum absolute atomic E-state index is 6.00. The highest BCUT2D eigenvalue weighted by Crippen LogP contribution is 2.12. The van der Waals surface area contributed by atoms with Gasteiger partial charge < -0.3 is 9.64 Å². The lowest BCUT2D eigenvalue weighted by Crippen LogP contribution is -2.23. The summed E-state index contributed by atoms with van der Waals surface area (Å²) in [6.45, 7) is 9.19. The lowest BCUT2D eigenvalue weighted by Gasteiger charge is -2.17. The van der Waals surface area contributed by atoms with E-state index in [1.54, 1.807) is 0 Å². The number of hydrogen-bond donors (Lipinski definition) is 0. The molecule has 1 aliphatic heterocycles. The minimum Gasteiger partial charge on any atom is -0.380 e. The molecule has 0 aromatic carbocycles. The first-order valence-corrected chi connectivity index (χ1v) is 5.95. The highest BCUT2D eigenvalue weighted by Gasteiger charge is 2.13. The molecule has 0 unspecified atom stereocenters. The van der Waals surface area contributed by atoms with E-state index in [4.69, 9.17) is 16.3 Å². The van der Waals surface area contributed by atoms with Crippen molar-refractivity contribution >= 4 is 11.6 Å². The summed E-state index contributed by atoms with van der Waals surface area (Å²) < 4.78 is 5.50. The Labute approximate surface area is 92.6 Å². The zero-order chi connectivity index (χ0) is 10.4. The fourth-order valence-electron chi connectivity index (χ4n) is 1.71. The normalized spacial score (nSPS) is 19.1. The largest absolute Gasteiger partial charge is 0.380 e. The maximum Gasteiger partial charge on any atom is 0.0652 e. The van der Waals surface area contributed by atoms with Crippen LogP contribution >= 0.6 is 11.6 Å². The van der Waals surface area contributed by atoms with Crippen molar-refractivity contribution in [2.75, 3.05) is 32.8 Å². The Bertz CT molecular complexity index is 150. The van der Waals surface area contributed by atoms with E-state index in [1.807, 2.05) is 13.8 Å². The highest BCUT2D eigenvalue weighted by atomic mass is 35.5. The third kappa shape index (κ3) is 5.84. The summed E-state index contributed by atoms with van der Waals surface area (Å²) >= 11 is 6.00. The summed E-state index contributed by atoms with van der Waals surface area (Å²) in [5, 5.41) is 0. The Kier molecular flexibility index (Phi) is 5.21. The number of nitrogens with zero attached hydrogens (tertiary/aromatic N) is 1. The molecule has 1 fully saturated rings. The van der Waals surface area contributed by atoms with E-state index in [0.29, 0.717) is 6.61 Å². The van der Waals surface area contributed by atoms with Gasteiger partial charge in [0.1, 0.15) is 0 Å². The first-order valence-electron chi connectivity index (χ1n) is 5.57. The molecule has 1 saturated heterocycles. The molecule has 0 aromatic rings. The van der Waals surface area contributed by atoms with Gasteiger partial charge in [0.05, 0.1) is 11.5 Å². The van der Waals surface area contributed by atoms with Crippen LogP contribution in [0.4, 0.5) is 0 Å². The van der Waals surface area contributed by atoms with Gasteiger partial charge in [0, 0.05) is 13.2 Å². The third-order valence-electron chi connectivity index (χ3n) is 2.41. The Hall–Kier alpha value is 0.210. The van der Waals surface area contributed by atoms with Crippen molar-refractivity contribution in [2.24, 2.45) is 0 Å². The third-order valence-corrected chi connectivity index (χ3v) is 2.52. The van der Waals surface area contributed by atoms with Crippen molar-refractivity contribution in [1.82, 2.24) is 4.90 Å². The summed E-state index contributed by atoms with van der Waals surface area (Å²) in [5.41, 5.74) is 0. The predicted molar refractivity (Wildman–Crippen MR) is 61.0 cm³/mol. The average Bonchev–Trinajstić information content (AvgIpc) is 2.54. The molecule has 3 heteroatoms. The predicted octanol–water partition coefficient (Wildman–Crippen LogP) is 2.51. The molecule has 1 aliphatic rings. The average molecular weight is 220 g/mol. The second kappa shape index (κ2) is 5.94. The van der Waals surface area contributed by atoms with E-state index in [1.165, 1.54) is 32.5 Å². The molecule has 0 aliphatic carbocycles. The maximum atomic E-state index is 6.00. The Balaban J connectivity index is 1.89. The van der Waals surface area contributed by atoms with Gasteiger partial charge in [-0.15, -0.1) is 11.6 Å². The molecule has 0 radical (unpaired) electrons. The van der Waals surface area contributed by atoms with Crippen LogP contribution in [0.15, 0.2) is 0 Å². The summed E-state index contributed by atoms with van der Waals surface area (Å²) in [6, 6.07) is 0. The Morgan fingerprint density at radius 3 is 2.50 bits per heavy atom. The van der Waals surface area contributed by atoms with Crippen LogP contribution in [-0.4, -0.2) is 42.6 Å². The molecule has 0 spiro atoms. The first kappa shape index (κ1) is 12.3. The van der Waals surface area contributed by atoms with Crippen LogP contribution in [0.3, 0.4) is 0 Å². The second-order valence-electron chi connectivity index (χ2n) is 4.67. The zero-order valence-electron chi connectivity index (χ0n) is 9.39. The standard InChI is InChI=1S/C11H22ClNO/c1-11(2,12)10-14-9-5-8-13-6-3-4-7-13/h3-10H2,1-2H3. The number of rotatable bonds is 6. The summed E-state index contributed by atoms with van der Waals surface area (Å²) in [7, 11) is 0. The van der Waals surface area contributed by atoms with E-state index in [0.717, 1.165) is 13.0 Å². The van der Waals surface area contributed by atoms with Crippen molar-refractivity contribution in [3.8, 4) is 0 Å². The quantitative estimate of drug-likeness (QED) is 0.503. The molecule has 14 heavy (non-hydrogen) atoms. The van der Waals surface area contributed by atoms with Crippen LogP contribution < -0.4 is 0 Å². The van der Waals surface area contributed by atoms with Gasteiger partial charge in [-0.25, -0.2) is 0 Å². The van der Waals surface area contributed by atoms with Crippen LogP contribution in [0.25, 0.3) is 0 Å². The number of ether oxygens (including phenoxy) is 1. The van der Waals surface area contributed by atoms with Crippen molar-refractivity contribution in [1.29, 1.82) is 0 Å². The van der Waals surface area contributed by atoms with Crippen LogP contribution in [0.2, 0.25) is 0 Å². The molecule has 0 N–H and O–H groups in total. The molecule has 0 aromatic heterocycles. The van der Waals surface area contributed by atoms with Gasteiger partial charge in [-0.3, -0.25) is 0 Å². The van der Waals surface area contributed by atoms with Gasteiger partial charge in [0.25, 0.3) is 0 Å². The van der Waals surface area contributed by atoms with Crippen LogP contribution in [0, 0.1) is 0 Å². The zero-order valence-corrected chi connectivity index (χ0v) is 10.1. The Morgan fingerprint density at radius 1 is 1.29 bits per heavy atom. The van der Waals surface area contributed by atoms with E-state index in [2.05, 4.69) is 4.90 Å². The number of alkyl halides is 1. The topological polar surface area (TPSA) is 12.5 Å². The van der Waals surface area contributed by atoms with Gasteiger partial charge >= 0.3 is 0 Å². The van der Waals surface area contributed by atoms with E-state index in [-0.39, 0.29) is 4.87 Å². The summed E-state index contributed by atoms with van der Waals surface area (Å²) in [5.74, 6) is 0. The van der Waals surface area contributed by atoms with E-state index >= 15 is 0 Å². The molecule has 1 rings (SSSR count). The van der Waals surface area contributed by atoms with Crippen molar-refractivity contribution in [3.63, 3.8) is 0 Å². The summed E-state index contributed by atoms with van der Waals surface area (Å²) in [4.78, 5) is 2.29. The van der Waals surface area contributed by atoms with Crippen molar-refractivity contribution in [2.45, 2.75) is 38.0 Å². The lowest BCUT2D eigenvalue weighted by molar-refractivity contribution is 0.108. The summed E-state index contributed by atoms with van der Waals surface area (Å²) in [6.07, 6.45) is 3.87. The fraction of sp³-hybridized carbons (Fsp3) is 1.00. The van der Waals surface area contributed by atoms with Crippen molar-refractivity contribution in [3.05, 3.63) is 0 Å². The minimum atomic E-state index is -0.215. The molecular weight excluding hydrogens is 198 g/mol. The monoisotopic (exact) mass is 219 g/mol. The second-order valence-corrected chi connectivity index (χ2v) is 5.70. The molecular formula is C11H22ClNO. The number of likely N-dealkylation sites (tertiary alicyclic amines) is 1. The smallest absolute Gasteiger partial charge is 0.0652 e. The molecule has 0 atom stereocenters. The number of halogens is 1. The van der Waals surface area contributed by atoms with E-state index in [9.17, 15) is 0 Å². The molecule has 2 nitrogen and oxygen atoms in total. The van der Waals surface area contributed by atoms with Gasteiger partial charge in [-0.2, -0.15) is 0 Å². The van der Waals surface area contributed by atoms with Gasteiger partial charge in [-0.05, 0) is 46.2 Å². The van der Waals surface area contributed by atoms with Gasteiger partial charge in [0.2, 0.25) is 0 Å². The highest BCUT2D eigenvalue weighted by molar-refractivity contribution is 6.23. The molecule has 1 heterocycles. The fourth-order valence-corrected chi connectivity index (χ4v) is 1.79. The molecule has 0 amide bonds. The van der Waals surface area contributed by atoms with Gasteiger partial charge in [-0.1, -0.05) is 0 Å². The van der Waals surface area contributed by atoms with Crippen LogP contribution in [-0.2, 0) is 4.74 Å². The van der Waals surface area contributed by atoms with Crippen LogP contribution in [0.5, 0.6) is 0 Å². The number of hydrogen-bond acceptors (Lipinski definition) is 2. The van der Waals surface area contributed by atoms with Gasteiger partial charge in [0.15, 0.2) is 0 Å². The van der Waals surface area contributed by atoms with Crippen molar-refractivity contribution < 1.29 is 4.74 Å². The SMILES string of the molecule is CC(C)(Cl)COCCCN1CCCC1. The molecule has 0 bridgehead atoms. The lowest BCUT2D eigenvalue weighted by atomic mass is 10.2. The first-order chi connectivity index (χ1) is 6.58.